The molecule has 2 aliphatic rings. The second kappa shape index (κ2) is 9.22. The number of nitrogens with two attached hydrogens (primary N) is 1. The number of rotatable bonds is 5. The molecular formula is C21H32N4O2. The number of nitrogen functional groups attached to an aromatic ring is 1. The van der Waals surface area contributed by atoms with Crippen molar-refractivity contribution in [2.45, 2.75) is 45.1 Å². The molecule has 1 saturated carbocycles. The number of hydrogen-bond donors (Lipinski definition) is 2. The van der Waals surface area contributed by atoms with Crippen molar-refractivity contribution in [3.8, 4) is 0 Å². The molecule has 1 aromatic rings. The lowest BCUT2D eigenvalue weighted by Crippen LogP contribution is -2.52. The van der Waals surface area contributed by atoms with Crippen molar-refractivity contribution in [1.29, 1.82) is 0 Å². The third-order valence-corrected chi connectivity index (χ3v) is 5.81. The highest BCUT2D eigenvalue weighted by molar-refractivity contribution is 5.79. The second-order valence-corrected chi connectivity index (χ2v) is 8.10. The first-order valence-electron chi connectivity index (χ1n) is 10.1. The van der Waals surface area contributed by atoms with Crippen LogP contribution in [-0.4, -0.2) is 60.4 Å². The van der Waals surface area contributed by atoms with Gasteiger partial charge in [-0.05, 0) is 49.3 Å². The molecule has 2 fully saturated rings. The normalized spacial score (nSPS) is 23.8. The summed E-state index contributed by atoms with van der Waals surface area (Å²) >= 11 is 0. The fourth-order valence-corrected chi connectivity index (χ4v) is 3.96. The molecule has 0 aromatic heterocycles. The zero-order valence-electron chi connectivity index (χ0n) is 16.3. The van der Waals surface area contributed by atoms with E-state index in [9.17, 15) is 9.59 Å². The fraction of sp³-hybridized carbons (Fsp3) is 0.619. The van der Waals surface area contributed by atoms with E-state index in [1.807, 2.05) is 29.2 Å². The average Bonchev–Trinajstić information content (AvgIpc) is 2.66. The standard InChI is InChI=1S/C21H32N4O2/c1-16-2-8-19(9-3-16)23-20(26)15-24-10-12-25(13-11-24)21(27)14-17-4-6-18(22)7-5-17/h4-7,16,19H,2-3,8-15,22H2,1H3,(H,23,26). The Morgan fingerprint density at radius 3 is 2.30 bits per heavy atom. The van der Waals surface area contributed by atoms with E-state index >= 15 is 0 Å². The Bertz CT molecular complexity index is 630. The highest BCUT2D eigenvalue weighted by atomic mass is 16.2. The van der Waals surface area contributed by atoms with E-state index in [-0.39, 0.29) is 11.8 Å². The van der Waals surface area contributed by atoms with E-state index in [1.54, 1.807) is 0 Å². The Kier molecular flexibility index (Phi) is 6.72. The van der Waals surface area contributed by atoms with Crippen molar-refractivity contribution in [2.75, 3.05) is 38.5 Å². The van der Waals surface area contributed by atoms with Crippen molar-refractivity contribution in [2.24, 2.45) is 5.92 Å². The maximum atomic E-state index is 12.5. The Hall–Kier alpha value is -2.08. The lowest BCUT2D eigenvalue weighted by atomic mass is 9.87. The Labute approximate surface area is 162 Å². The number of nitrogens with one attached hydrogen (secondary N) is 1. The number of amides is 2. The van der Waals surface area contributed by atoms with Gasteiger partial charge in [-0.1, -0.05) is 19.1 Å². The predicted octanol–water partition coefficient (Wildman–Crippen LogP) is 1.65. The molecule has 27 heavy (non-hydrogen) atoms. The molecule has 3 N–H and O–H groups in total. The van der Waals surface area contributed by atoms with Crippen LogP contribution in [0, 0.1) is 5.92 Å². The lowest BCUT2D eigenvalue weighted by Gasteiger charge is -2.35. The molecule has 3 rings (SSSR count). The number of piperazine rings is 1. The Morgan fingerprint density at radius 1 is 1.04 bits per heavy atom. The zero-order valence-corrected chi connectivity index (χ0v) is 16.3. The highest BCUT2D eigenvalue weighted by Crippen LogP contribution is 2.23. The van der Waals surface area contributed by atoms with E-state index in [1.165, 1.54) is 12.8 Å². The van der Waals surface area contributed by atoms with Crippen molar-refractivity contribution >= 4 is 17.5 Å². The number of anilines is 1. The molecule has 0 atom stereocenters. The van der Waals surface area contributed by atoms with Crippen molar-refractivity contribution in [1.82, 2.24) is 15.1 Å². The first kappa shape index (κ1) is 19.7. The second-order valence-electron chi connectivity index (χ2n) is 8.10. The van der Waals surface area contributed by atoms with Crippen LogP contribution in [0.5, 0.6) is 0 Å². The number of hydrogen-bond acceptors (Lipinski definition) is 4. The maximum Gasteiger partial charge on any atom is 0.234 e. The molecule has 6 heteroatoms. The first-order chi connectivity index (χ1) is 13.0. The van der Waals surface area contributed by atoms with Gasteiger partial charge in [0, 0.05) is 37.9 Å². The summed E-state index contributed by atoms with van der Waals surface area (Å²) in [4.78, 5) is 28.8. The van der Waals surface area contributed by atoms with Crippen molar-refractivity contribution in [3.05, 3.63) is 29.8 Å². The third-order valence-electron chi connectivity index (χ3n) is 5.81. The molecule has 1 aliphatic heterocycles. The van der Waals surface area contributed by atoms with Gasteiger partial charge < -0.3 is 16.0 Å². The van der Waals surface area contributed by atoms with Crippen molar-refractivity contribution < 1.29 is 9.59 Å². The van der Waals surface area contributed by atoms with Crippen LogP contribution >= 0.6 is 0 Å². The summed E-state index contributed by atoms with van der Waals surface area (Å²) in [5, 5.41) is 3.19. The highest BCUT2D eigenvalue weighted by Gasteiger charge is 2.24. The van der Waals surface area contributed by atoms with E-state index in [2.05, 4.69) is 17.1 Å². The van der Waals surface area contributed by atoms with Crippen LogP contribution in [-0.2, 0) is 16.0 Å². The first-order valence-corrected chi connectivity index (χ1v) is 10.1. The third kappa shape index (κ3) is 5.96. The minimum atomic E-state index is 0.121. The van der Waals surface area contributed by atoms with Gasteiger partial charge in [0.2, 0.25) is 11.8 Å². The number of carbonyl (C=O) groups is 2. The summed E-state index contributed by atoms with van der Waals surface area (Å²) in [7, 11) is 0. The summed E-state index contributed by atoms with van der Waals surface area (Å²) in [5.74, 6) is 1.05. The van der Waals surface area contributed by atoms with Gasteiger partial charge in [-0.2, -0.15) is 0 Å². The molecule has 6 nitrogen and oxygen atoms in total. The van der Waals surface area contributed by atoms with Crippen LogP contribution in [0.15, 0.2) is 24.3 Å². The molecule has 2 amide bonds. The summed E-state index contributed by atoms with van der Waals surface area (Å²) in [5.41, 5.74) is 7.38. The van der Waals surface area contributed by atoms with Crippen LogP contribution in [0.1, 0.15) is 38.2 Å². The molecule has 148 valence electrons. The van der Waals surface area contributed by atoms with Crippen molar-refractivity contribution in [3.63, 3.8) is 0 Å². The molecule has 0 radical (unpaired) electrons. The van der Waals surface area contributed by atoms with Gasteiger partial charge in [0.15, 0.2) is 0 Å². The average molecular weight is 373 g/mol. The van der Waals surface area contributed by atoms with Gasteiger partial charge in [-0.15, -0.1) is 0 Å². The largest absolute Gasteiger partial charge is 0.399 e. The Balaban J connectivity index is 1.37. The maximum absolute atomic E-state index is 12.5. The summed E-state index contributed by atoms with van der Waals surface area (Å²) < 4.78 is 0. The number of carbonyl (C=O) groups excluding carboxylic acids is 2. The topological polar surface area (TPSA) is 78.7 Å². The van der Waals surface area contributed by atoms with Gasteiger partial charge in [0.05, 0.1) is 13.0 Å². The fourth-order valence-electron chi connectivity index (χ4n) is 3.96. The monoisotopic (exact) mass is 372 g/mol. The molecule has 1 heterocycles. The lowest BCUT2D eigenvalue weighted by molar-refractivity contribution is -0.132. The molecule has 0 spiro atoms. The van der Waals surface area contributed by atoms with E-state index in [0.717, 1.165) is 37.4 Å². The number of nitrogens with zero attached hydrogens (tertiary/aromatic N) is 2. The van der Waals surface area contributed by atoms with Gasteiger partial charge in [-0.3, -0.25) is 14.5 Å². The summed E-state index contributed by atoms with van der Waals surface area (Å²) in [6.45, 7) is 5.59. The SMILES string of the molecule is CC1CCC(NC(=O)CN2CCN(C(=O)Cc3ccc(N)cc3)CC2)CC1. The predicted molar refractivity (Wildman–Crippen MR) is 107 cm³/mol. The summed E-state index contributed by atoms with van der Waals surface area (Å²) in [6, 6.07) is 7.80. The molecule has 1 aliphatic carbocycles. The molecule has 0 unspecified atom stereocenters. The van der Waals surface area contributed by atoms with Gasteiger partial charge in [0.25, 0.3) is 0 Å². The van der Waals surface area contributed by atoms with Gasteiger partial charge >= 0.3 is 0 Å². The van der Waals surface area contributed by atoms with Gasteiger partial charge in [0.1, 0.15) is 0 Å². The van der Waals surface area contributed by atoms with E-state index < -0.39 is 0 Å². The van der Waals surface area contributed by atoms with Crippen LogP contribution in [0.2, 0.25) is 0 Å². The van der Waals surface area contributed by atoms with Crippen LogP contribution in [0.4, 0.5) is 5.69 Å². The quantitative estimate of drug-likeness (QED) is 0.771. The number of benzene rings is 1. The minimum Gasteiger partial charge on any atom is -0.399 e. The molecular weight excluding hydrogens is 340 g/mol. The van der Waals surface area contributed by atoms with E-state index in [4.69, 9.17) is 5.73 Å². The zero-order chi connectivity index (χ0) is 19.2. The van der Waals surface area contributed by atoms with Gasteiger partial charge in [-0.25, -0.2) is 0 Å². The van der Waals surface area contributed by atoms with Crippen LogP contribution in [0.25, 0.3) is 0 Å². The van der Waals surface area contributed by atoms with Crippen LogP contribution < -0.4 is 11.1 Å². The smallest absolute Gasteiger partial charge is 0.234 e. The Morgan fingerprint density at radius 2 is 1.67 bits per heavy atom. The molecule has 1 aromatic carbocycles. The minimum absolute atomic E-state index is 0.121. The van der Waals surface area contributed by atoms with Crippen LogP contribution in [0.3, 0.4) is 0 Å². The summed E-state index contributed by atoms with van der Waals surface area (Å²) in [6.07, 6.45) is 5.01. The molecule has 1 saturated heterocycles. The molecule has 0 bridgehead atoms. The van der Waals surface area contributed by atoms with E-state index in [0.29, 0.717) is 37.8 Å².